The maximum Gasteiger partial charge on any atom is 0.333 e. The molecule has 1 unspecified atom stereocenters. The second-order valence-corrected chi connectivity index (χ2v) is 6.04. The Labute approximate surface area is 149 Å². The number of aromatic nitrogens is 1. The highest BCUT2D eigenvalue weighted by atomic mass is 19.1. The van der Waals surface area contributed by atoms with Crippen LogP contribution >= 0.6 is 0 Å². The Balaban J connectivity index is 1.63. The first-order chi connectivity index (χ1) is 12.6. The van der Waals surface area contributed by atoms with E-state index >= 15 is 0 Å². The van der Waals surface area contributed by atoms with Crippen molar-refractivity contribution in [2.45, 2.75) is 12.6 Å². The Kier molecular flexibility index (Phi) is 4.01. The van der Waals surface area contributed by atoms with Gasteiger partial charge in [0, 0.05) is 18.4 Å². The number of rotatable bonds is 4. The SMILES string of the molecule is O=C(NCc1ccccc1)C1c2cccn2C(=O)N1c1ccc(F)cc1. The quantitative estimate of drug-likeness (QED) is 0.784. The highest BCUT2D eigenvalue weighted by Gasteiger charge is 2.41. The molecule has 6 heteroatoms. The Morgan fingerprint density at radius 1 is 1.00 bits per heavy atom. The molecule has 5 nitrogen and oxygen atoms in total. The third-order valence-electron chi connectivity index (χ3n) is 4.39. The molecule has 1 aromatic heterocycles. The molecule has 2 amide bonds. The Morgan fingerprint density at radius 3 is 2.46 bits per heavy atom. The lowest BCUT2D eigenvalue weighted by Crippen LogP contribution is -2.39. The zero-order valence-corrected chi connectivity index (χ0v) is 13.8. The largest absolute Gasteiger partial charge is 0.350 e. The molecule has 1 aliphatic heterocycles. The van der Waals surface area contributed by atoms with Crippen LogP contribution in [0.15, 0.2) is 72.9 Å². The minimum absolute atomic E-state index is 0.288. The van der Waals surface area contributed by atoms with E-state index in [1.807, 2.05) is 30.3 Å². The van der Waals surface area contributed by atoms with Gasteiger partial charge in [-0.25, -0.2) is 9.18 Å². The first-order valence-corrected chi connectivity index (χ1v) is 8.23. The molecule has 0 saturated carbocycles. The van der Waals surface area contributed by atoms with Crippen molar-refractivity contribution in [1.29, 1.82) is 0 Å². The fourth-order valence-electron chi connectivity index (χ4n) is 3.14. The predicted molar refractivity (Wildman–Crippen MR) is 95.1 cm³/mol. The van der Waals surface area contributed by atoms with Crippen molar-refractivity contribution in [2.75, 3.05) is 4.90 Å². The van der Waals surface area contributed by atoms with Gasteiger partial charge in [-0.15, -0.1) is 0 Å². The zero-order valence-electron chi connectivity index (χ0n) is 13.8. The van der Waals surface area contributed by atoms with E-state index in [0.29, 0.717) is 17.9 Å². The molecule has 1 N–H and O–H groups in total. The molecule has 0 saturated heterocycles. The van der Waals surface area contributed by atoms with Crippen LogP contribution in [0.4, 0.5) is 14.9 Å². The van der Waals surface area contributed by atoms with Crippen molar-refractivity contribution in [3.8, 4) is 0 Å². The standard InChI is InChI=1S/C20H16FN3O2/c21-15-8-10-16(11-9-15)24-18(17-7-4-12-23(17)20(24)26)19(25)22-13-14-5-2-1-3-6-14/h1-12,18H,13H2,(H,22,25). The summed E-state index contributed by atoms with van der Waals surface area (Å²) >= 11 is 0. The first kappa shape index (κ1) is 16.1. The first-order valence-electron chi connectivity index (χ1n) is 8.23. The molecule has 4 rings (SSSR count). The number of carbonyl (C=O) groups is 2. The van der Waals surface area contributed by atoms with Crippen LogP contribution in [0.5, 0.6) is 0 Å². The fourth-order valence-corrected chi connectivity index (χ4v) is 3.14. The number of halogens is 1. The molecular formula is C20H16FN3O2. The van der Waals surface area contributed by atoms with Crippen molar-refractivity contribution < 1.29 is 14.0 Å². The number of hydrogen-bond donors (Lipinski definition) is 1. The maximum atomic E-state index is 13.2. The Hall–Kier alpha value is -3.41. The van der Waals surface area contributed by atoms with Gasteiger partial charge in [-0.05, 0) is 42.0 Å². The van der Waals surface area contributed by atoms with E-state index in [-0.39, 0.29) is 11.9 Å². The van der Waals surface area contributed by atoms with Crippen molar-refractivity contribution in [3.63, 3.8) is 0 Å². The van der Waals surface area contributed by atoms with Gasteiger partial charge in [0.25, 0.3) is 0 Å². The average Bonchev–Trinajstić information content (AvgIpc) is 3.24. The lowest BCUT2D eigenvalue weighted by Gasteiger charge is -2.23. The van der Waals surface area contributed by atoms with Crippen LogP contribution < -0.4 is 10.2 Å². The van der Waals surface area contributed by atoms with Crippen LogP contribution in [0, 0.1) is 5.82 Å². The Bertz CT molecular complexity index is 951. The molecule has 1 aliphatic rings. The van der Waals surface area contributed by atoms with Gasteiger partial charge in [0.2, 0.25) is 5.91 Å². The van der Waals surface area contributed by atoms with Gasteiger partial charge in [-0.1, -0.05) is 30.3 Å². The van der Waals surface area contributed by atoms with Crippen LogP contribution in [0.2, 0.25) is 0 Å². The highest BCUT2D eigenvalue weighted by molar-refractivity contribution is 6.05. The average molecular weight is 349 g/mol. The van der Waals surface area contributed by atoms with Crippen LogP contribution in [0.25, 0.3) is 0 Å². The number of amides is 2. The summed E-state index contributed by atoms with van der Waals surface area (Å²) in [5, 5.41) is 2.88. The number of nitrogens with one attached hydrogen (secondary N) is 1. The van der Waals surface area contributed by atoms with Gasteiger partial charge in [0.1, 0.15) is 5.82 Å². The number of nitrogens with zero attached hydrogens (tertiary/aromatic N) is 2. The van der Waals surface area contributed by atoms with Gasteiger partial charge in [0.15, 0.2) is 6.04 Å². The van der Waals surface area contributed by atoms with Gasteiger partial charge >= 0.3 is 6.03 Å². The van der Waals surface area contributed by atoms with Gasteiger partial charge in [-0.2, -0.15) is 0 Å². The van der Waals surface area contributed by atoms with Crippen LogP contribution in [-0.2, 0) is 11.3 Å². The number of benzene rings is 2. The summed E-state index contributed by atoms with van der Waals surface area (Å²) in [6.45, 7) is 0.363. The molecule has 26 heavy (non-hydrogen) atoms. The molecule has 0 aliphatic carbocycles. The second-order valence-electron chi connectivity index (χ2n) is 6.04. The van der Waals surface area contributed by atoms with E-state index in [1.165, 1.54) is 33.7 Å². The molecule has 2 heterocycles. The summed E-state index contributed by atoms with van der Waals surface area (Å²) in [4.78, 5) is 27.0. The number of fused-ring (bicyclic) bond motifs is 1. The van der Waals surface area contributed by atoms with E-state index in [4.69, 9.17) is 0 Å². The van der Waals surface area contributed by atoms with E-state index in [9.17, 15) is 14.0 Å². The molecular weight excluding hydrogens is 333 g/mol. The third-order valence-corrected chi connectivity index (χ3v) is 4.39. The van der Waals surface area contributed by atoms with Crippen molar-refractivity contribution in [1.82, 2.24) is 9.88 Å². The molecule has 0 spiro atoms. The molecule has 130 valence electrons. The molecule has 3 aromatic rings. The van der Waals surface area contributed by atoms with E-state index in [0.717, 1.165) is 5.56 Å². The maximum absolute atomic E-state index is 13.2. The summed E-state index contributed by atoms with van der Waals surface area (Å²) < 4.78 is 14.7. The van der Waals surface area contributed by atoms with Crippen molar-refractivity contribution in [3.05, 3.63) is 90.0 Å². The van der Waals surface area contributed by atoms with Crippen molar-refractivity contribution in [2.24, 2.45) is 0 Å². The Morgan fingerprint density at radius 2 is 1.73 bits per heavy atom. The van der Waals surface area contributed by atoms with Crippen LogP contribution in [0.1, 0.15) is 17.3 Å². The van der Waals surface area contributed by atoms with Gasteiger partial charge in [-0.3, -0.25) is 14.3 Å². The topological polar surface area (TPSA) is 54.3 Å². The van der Waals surface area contributed by atoms with E-state index in [2.05, 4.69) is 5.32 Å². The highest BCUT2D eigenvalue weighted by Crippen LogP contribution is 2.34. The third kappa shape index (κ3) is 2.75. The minimum Gasteiger partial charge on any atom is -0.350 e. The fraction of sp³-hybridized carbons (Fsp3) is 0.100. The summed E-state index contributed by atoms with van der Waals surface area (Å²) in [7, 11) is 0. The van der Waals surface area contributed by atoms with Crippen LogP contribution in [0.3, 0.4) is 0 Å². The van der Waals surface area contributed by atoms with Crippen LogP contribution in [-0.4, -0.2) is 16.5 Å². The van der Waals surface area contributed by atoms with Gasteiger partial charge < -0.3 is 5.32 Å². The van der Waals surface area contributed by atoms with E-state index in [1.54, 1.807) is 18.3 Å². The van der Waals surface area contributed by atoms with E-state index < -0.39 is 11.9 Å². The summed E-state index contributed by atoms with van der Waals surface area (Å²) in [6, 6.07) is 17.4. The molecule has 2 aromatic carbocycles. The summed E-state index contributed by atoms with van der Waals surface area (Å²) in [6.07, 6.45) is 1.62. The number of anilines is 1. The van der Waals surface area contributed by atoms with Gasteiger partial charge in [0.05, 0.1) is 5.69 Å². The van der Waals surface area contributed by atoms with Crippen molar-refractivity contribution >= 4 is 17.6 Å². The predicted octanol–water partition coefficient (Wildman–Crippen LogP) is 3.47. The molecule has 0 fully saturated rings. The summed E-state index contributed by atoms with van der Waals surface area (Å²) in [5.41, 5.74) is 2.03. The lowest BCUT2D eigenvalue weighted by atomic mass is 10.1. The molecule has 1 atom stereocenters. The lowest BCUT2D eigenvalue weighted by molar-refractivity contribution is -0.122. The number of carbonyl (C=O) groups excluding carboxylic acids is 2. The zero-order chi connectivity index (χ0) is 18.1. The normalized spacial score (nSPS) is 15.8. The monoisotopic (exact) mass is 349 g/mol. The number of hydrogen-bond acceptors (Lipinski definition) is 2. The smallest absolute Gasteiger partial charge is 0.333 e. The molecule has 0 radical (unpaired) electrons. The second kappa shape index (κ2) is 6.48. The molecule has 0 bridgehead atoms. The minimum atomic E-state index is -0.799. The summed E-state index contributed by atoms with van der Waals surface area (Å²) in [5.74, 6) is -0.686.